The molecule has 1 saturated heterocycles. The van der Waals surface area contributed by atoms with Crippen LogP contribution in [0, 0.1) is 6.92 Å². The number of hydrogen-bond donors (Lipinski definition) is 2. The fourth-order valence-corrected chi connectivity index (χ4v) is 5.25. The van der Waals surface area contributed by atoms with Gasteiger partial charge in [-0.25, -0.2) is 0 Å². The molecule has 3 heterocycles. The summed E-state index contributed by atoms with van der Waals surface area (Å²) < 4.78 is 6.14. The van der Waals surface area contributed by atoms with Crippen LogP contribution >= 0.6 is 11.3 Å². The van der Waals surface area contributed by atoms with Crippen LogP contribution < -0.4 is 5.32 Å². The van der Waals surface area contributed by atoms with Gasteiger partial charge in [-0.2, -0.15) is 5.10 Å². The molecular formula is C22H26N4O3S. The van der Waals surface area contributed by atoms with E-state index in [1.807, 2.05) is 30.0 Å². The second kappa shape index (κ2) is 8.97. The summed E-state index contributed by atoms with van der Waals surface area (Å²) in [6.07, 6.45) is 4.16. The summed E-state index contributed by atoms with van der Waals surface area (Å²) in [6, 6.07) is 8.16. The zero-order valence-corrected chi connectivity index (χ0v) is 18.1. The summed E-state index contributed by atoms with van der Waals surface area (Å²) in [5.74, 6) is -0.0702. The number of carbonyl (C=O) groups excluding carboxylic acids is 2. The third-order valence-electron chi connectivity index (χ3n) is 5.63. The van der Waals surface area contributed by atoms with Crippen LogP contribution in [0.4, 0.5) is 0 Å². The first-order valence-electron chi connectivity index (χ1n) is 10.2. The monoisotopic (exact) mass is 426 g/mol. The van der Waals surface area contributed by atoms with E-state index in [1.54, 1.807) is 13.3 Å². The summed E-state index contributed by atoms with van der Waals surface area (Å²) >= 11 is 1.51. The summed E-state index contributed by atoms with van der Waals surface area (Å²) in [6.45, 7) is 3.53. The molecule has 0 radical (unpaired) electrons. The average molecular weight is 427 g/mol. The Bertz CT molecular complexity index is 1060. The van der Waals surface area contributed by atoms with E-state index < -0.39 is 0 Å². The van der Waals surface area contributed by atoms with Crippen molar-refractivity contribution in [3.63, 3.8) is 0 Å². The van der Waals surface area contributed by atoms with E-state index in [2.05, 4.69) is 21.6 Å². The number of benzene rings is 1. The zero-order chi connectivity index (χ0) is 21.1. The Labute approximate surface area is 179 Å². The number of likely N-dealkylation sites (tertiary alicyclic amines) is 1. The SMILES string of the molecule is COCCNC(=O)c1sc2ccccc2c1C[C@@H]1CCCN1C(=O)c1cn[nH]c1C. The molecule has 1 aromatic carbocycles. The van der Waals surface area contributed by atoms with Gasteiger partial charge in [-0.15, -0.1) is 11.3 Å². The molecule has 1 aliphatic rings. The van der Waals surface area contributed by atoms with Gasteiger partial charge >= 0.3 is 0 Å². The number of nitrogens with zero attached hydrogens (tertiary/aromatic N) is 2. The number of aromatic amines is 1. The van der Waals surface area contributed by atoms with Crippen molar-refractivity contribution in [3.8, 4) is 0 Å². The molecule has 2 N–H and O–H groups in total. The van der Waals surface area contributed by atoms with Gasteiger partial charge in [-0.05, 0) is 43.2 Å². The molecule has 4 rings (SSSR count). The summed E-state index contributed by atoms with van der Waals surface area (Å²) in [5, 5.41) is 10.9. The highest BCUT2D eigenvalue weighted by molar-refractivity contribution is 7.21. The molecule has 3 aromatic rings. The fourth-order valence-electron chi connectivity index (χ4n) is 4.10. The van der Waals surface area contributed by atoms with Crippen LogP contribution in [-0.2, 0) is 11.2 Å². The van der Waals surface area contributed by atoms with Crippen molar-refractivity contribution in [2.24, 2.45) is 0 Å². The number of rotatable bonds is 7. The first-order chi connectivity index (χ1) is 14.6. The minimum Gasteiger partial charge on any atom is -0.383 e. The van der Waals surface area contributed by atoms with E-state index in [-0.39, 0.29) is 17.9 Å². The Morgan fingerprint density at radius 1 is 1.37 bits per heavy atom. The number of carbonyl (C=O) groups is 2. The normalized spacial score (nSPS) is 16.3. The quantitative estimate of drug-likeness (QED) is 0.568. The molecule has 2 amide bonds. The summed E-state index contributed by atoms with van der Waals surface area (Å²) in [4.78, 5) is 28.7. The molecule has 1 fully saturated rings. The average Bonchev–Trinajstić information content (AvgIpc) is 3.47. The van der Waals surface area contributed by atoms with E-state index in [0.717, 1.165) is 45.6 Å². The lowest BCUT2D eigenvalue weighted by molar-refractivity contribution is 0.0736. The van der Waals surface area contributed by atoms with Crippen LogP contribution in [0.2, 0.25) is 0 Å². The van der Waals surface area contributed by atoms with Gasteiger partial charge < -0.3 is 15.0 Å². The van der Waals surface area contributed by atoms with Crippen molar-refractivity contribution in [1.82, 2.24) is 20.4 Å². The van der Waals surface area contributed by atoms with Crippen LogP contribution in [0.5, 0.6) is 0 Å². The predicted molar refractivity (Wildman–Crippen MR) is 117 cm³/mol. The Balaban J connectivity index is 1.62. The van der Waals surface area contributed by atoms with Gasteiger partial charge in [0.15, 0.2) is 0 Å². The number of aryl methyl sites for hydroxylation is 1. The third kappa shape index (κ3) is 3.97. The molecule has 0 aliphatic carbocycles. The number of aromatic nitrogens is 2. The number of amides is 2. The largest absolute Gasteiger partial charge is 0.383 e. The Morgan fingerprint density at radius 3 is 2.97 bits per heavy atom. The molecule has 158 valence electrons. The molecule has 30 heavy (non-hydrogen) atoms. The van der Waals surface area contributed by atoms with Crippen LogP contribution in [0.25, 0.3) is 10.1 Å². The fraction of sp³-hybridized carbons (Fsp3) is 0.409. The van der Waals surface area contributed by atoms with E-state index >= 15 is 0 Å². The Hall–Kier alpha value is -2.71. The van der Waals surface area contributed by atoms with Gasteiger partial charge in [0.05, 0.1) is 23.2 Å². The lowest BCUT2D eigenvalue weighted by atomic mass is 10.00. The van der Waals surface area contributed by atoms with E-state index in [4.69, 9.17) is 4.74 Å². The molecular weight excluding hydrogens is 400 g/mol. The standard InChI is InChI=1S/C22H26N4O3S/c1-14-18(13-24-25-14)22(28)26-10-5-6-15(26)12-17-16-7-3-4-8-19(16)30-20(17)21(27)23-9-11-29-2/h3-4,7-8,13,15H,5-6,9-12H2,1-2H3,(H,23,27)(H,24,25)/t15-/m0/s1. The number of nitrogens with one attached hydrogen (secondary N) is 2. The van der Waals surface area contributed by atoms with Crippen molar-refractivity contribution in [2.45, 2.75) is 32.2 Å². The predicted octanol–water partition coefficient (Wildman–Crippen LogP) is 3.16. The number of fused-ring (bicyclic) bond motifs is 1. The number of methoxy groups -OCH3 is 1. The molecule has 1 atom stereocenters. The molecule has 0 spiro atoms. The smallest absolute Gasteiger partial charge is 0.261 e. The van der Waals surface area contributed by atoms with E-state index in [1.165, 1.54) is 11.3 Å². The molecule has 0 bridgehead atoms. The Kier molecular flexibility index (Phi) is 6.15. The van der Waals surface area contributed by atoms with E-state index in [0.29, 0.717) is 25.1 Å². The summed E-state index contributed by atoms with van der Waals surface area (Å²) in [5.41, 5.74) is 2.43. The van der Waals surface area contributed by atoms with Gasteiger partial charge in [0.1, 0.15) is 0 Å². The van der Waals surface area contributed by atoms with E-state index in [9.17, 15) is 9.59 Å². The van der Waals surface area contributed by atoms with Crippen molar-refractivity contribution >= 4 is 33.2 Å². The van der Waals surface area contributed by atoms with Gasteiger partial charge in [0.25, 0.3) is 11.8 Å². The number of H-pyrrole nitrogens is 1. The van der Waals surface area contributed by atoms with Gasteiger partial charge in [0, 0.05) is 36.6 Å². The van der Waals surface area contributed by atoms with Gasteiger partial charge in [0.2, 0.25) is 0 Å². The van der Waals surface area contributed by atoms with Crippen LogP contribution in [0.15, 0.2) is 30.5 Å². The number of hydrogen-bond acceptors (Lipinski definition) is 5. The van der Waals surface area contributed by atoms with Gasteiger partial charge in [-0.3, -0.25) is 14.7 Å². The maximum Gasteiger partial charge on any atom is 0.261 e. The lowest BCUT2D eigenvalue weighted by Gasteiger charge is -2.25. The highest BCUT2D eigenvalue weighted by atomic mass is 32.1. The second-order valence-electron chi connectivity index (χ2n) is 7.56. The molecule has 8 heteroatoms. The lowest BCUT2D eigenvalue weighted by Crippen LogP contribution is -2.37. The van der Waals surface area contributed by atoms with Crippen molar-refractivity contribution < 1.29 is 14.3 Å². The Morgan fingerprint density at radius 2 is 2.20 bits per heavy atom. The van der Waals surface area contributed by atoms with Crippen molar-refractivity contribution in [3.05, 3.63) is 52.2 Å². The highest BCUT2D eigenvalue weighted by Crippen LogP contribution is 2.34. The first-order valence-corrected chi connectivity index (χ1v) is 11.0. The topological polar surface area (TPSA) is 87.3 Å². The maximum absolute atomic E-state index is 13.1. The molecule has 2 aromatic heterocycles. The van der Waals surface area contributed by atoms with Crippen molar-refractivity contribution in [2.75, 3.05) is 26.8 Å². The summed E-state index contributed by atoms with van der Waals surface area (Å²) in [7, 11) is 1.62. The highest BCUT2D eigenvalue weighted by Gasteiger charge is 2.32. The molecule has 0 saturated carbocycles. The molecule has 7 nitrogen and oxygen atoms in total. The van der Waals surface area contributed by atoms with Crippen LogP contribution in [0.3, 0.4) is 0 Å². The minimum atomic E-state index is -0.0789. The number of thiophene rings is 1. The minimum absolute atomic E-state index is 0.00869. The zero-order valence-electron chi connectivity index (χ0n) is 17.2. The molecule has 0 unspecified atom stereocenters. The molecule has 1 aliphatic heterocycles. The third-order valence-corrected chi connectivity index (χ3v) is 6.85. The van der Waals surface area contributed by atoms with Gasteiger partial charge in [-0.1, -0.05) is 18.2 Å². The maximum atomic E-state index is 13.1. The number of ether oxygens (including phenoxy) is 1. The first kappa shape index (κ1) is 20.6. The second-order valence-corrected chi connectivity index (χ2v) is 8.61. The van der Waals surface area contributed by atoms with Crippen LogP contribution in [-0.4, -0.2) is 59.8 Å². The van der Waals surface area contributed by atoms with Crippen molar-refractivity contribution in [1.29, 1.82) is 0 Å². The van der Waals surface area contributed by atoms with Crippen LogP contribution in [0.1, 0.15) is 44.1 Å².